The van der Waals surface area contributed by atoms with Gasteiger partial charge in [0.2, 0.25) is 5.78 Å². The number of ketones is 1. The average molecular weight is 332 g/mol. The van der Waals surface area contributed by atoms with Crippen LogP contribution in [0.25, 0.3) is 17.0 Å². The molecule has 0 radical (unpaired) electrons. The second kappa shape index (κ2) is 6.93. The highest BCUT2D eigenvalue weighted by Gasteiger charge is 2.18. The van der Waals surface area contributed by atoms with Crippen molar-refractivity contribution in [2.45, 2.75) is 0 Å². The highest BCUT2D eigenvalue weighted by Crippen LogP contribution is 2.32. The van der Waals surface area contributed by atoms with Crippen LogP contribution in [-0.2, 0) is 0 Å². The van der Waals surface area contributed by atoms with Crippen LogP contribution in [0.15, 0.2) is 54.2 Å². The van der Waals surface area contributed by atoms with Crippen molar-refractivity contribution in [1.29, 1.82) is 5.26 Å². The number of nitrogens with one attached hydrogen (secondary N) is 1. The number of hydrogen-bond donors (Lipinski definition) is 1. The van der Waals surface area contributed by atoms with Gasteiger partial charge in [-0.05, 0) is 18.2 Å². The third-order valence-electron chi connectivity index (χ3n) is 3.93. The SMILES string of the molecule is COc1cccc(/C=C(\C#N)C(=O)c2c[nH]c3ccccc23)c1OC. The van der Waals surface area contributed by atoms with Crippen LogP contribution in [0.1, 0.15) is 15.9 Å². The zero-order valence-corrected chi connectivity index (χ0v) is 13.9. The zero-order chi connectivity index (χ0) is 17.8. The molecule has 5 heteroatoms. The number of benzene rings is 2. The number of para-hydroxylation sites is 2. The summed E-state index contributed by atoms with van der Waals surface area (Å²) in [6, 6.07) is 14.8. The Morgan fingerprint density at radius 1 is 1.12 bits per heavy atom. The van der Waals surface area contributed by atoms with Crippen molar-refractivity contribution in [1.82, 2.24) is 4.98 Å². The summed E-state index contributed by atoms with van der Waals surface area (Å²) in [6.45, 7) is 0. The summed E-state index contributed by atoms with van der Waals surface area (Å²) in [4.78, 5) is 15.9. The molecular weight excluding hydrogens is 316 g/mol. The van der Waals surface area contributed by atoms with Gasteiger partial charge < -0.3 is 14.5 Å². The van der Waals surface area contributed by atoms with Gasteiger partial charge in [0, 0.05) is 28.2 Å². The quantitative estimate of drug-likeness (QED) is 0.436. The summed E-state index contributed by atoms with van der Waals surface area (Å²) < 4.78 is 10.6. The van der Waals surface area contributed by atoms with E-state index in [-0.39, 0.29) is 11.4 Å². The minimum atomic E-state index is -0.343. The molecule has 0 aliphatic rings. The number of fused-ring (bicyclic) bond motifs is 1. The lowest BCUT2D eigenvalue weighted by Gasteiger charge is -2.10. The molecule has 0 aliphatic carbocycles. The largest absolute Gasteiger partial charge is 0.493 e. The van der Waals surface area contributed by atoms with Crippen LogP contribution in [0.3, 0.4) is 0 Å². The van der Waals surface area contributed by atoms with Crippen LogP contribution in [0.5, 0.6) is 11.5 Å². The average Bonchev–Trinajstić information content (AvgIpc) is 3.09. The lowest BCUT2D eigenvalue weighted by molar-refractivity contribution is 0.104. The Labute approximate surface area is 145 Å². The highest BCUT2D eigenvalue weighted by molar-refractivity contribution is 6.19. The van der Waals surface area contributed by atoms with E-state index in [4.69, 9.17) is 9.47 Å². The van der Waals surface area contributed by atoms with Gasteiger partial charge in [-0.25, -0.2) is 0 Å². The van der Waals surface area contributed by atoms with E-state index >= 15 is 0 Å². The monoisotopic (exact) mass is 332 g/mol. The maximum atomic E-state index is 12.8. The number of rotatable bonds is 5. The molecule has 2 aromatic carbocycles. The van der Waals surface area contributed by atoms with Gasteiger partial charge in [-0.3, -0.25) is 4.79 Å². The number of carbonyl (C=O) groups excluding carboxylic acids is 1. The highest BCUT2D eigenvalue weighted by atomic mass is 16.5. The van der Waals surface area contributed by atoms with Crippen molar-refractivity contribution in [2.75, 3.05) is 14.2 Å². The number of H-pyrrole nitrogens is 1. The Morgan fingerprint density at radius 2 is 1.92 bits per heavy atom. The van der Waals surface area contributed by atoms with Crippen LogP contribution < -0.4 is 9.47 Å². The van der Waals surface area contributed by atoms with E-state index in [0.29, 0.717) is 22.6 Å². The fourth-order valence-corrected chi connectivity index (χ4v) is 2.73. The molecule has 0 amide bonds. The molecule has 3 aromatic rings. The minimum absolute atomic E-state index is 0.0244. The minimum Gasteiger partial charge on any atom is -0.493 e. The molecule has 5 nitrogen and oxygen atoms in total. The molecule has 0 spiro atoms. The van der Waals surface area contributed by atoms with E-state index in [9.17, 15) is 10.1 Å². The smallest absolute Gasteiger partial charge is 0.205 e. The van der Waals surface area contributed by atoms with Crippen molar-refractivity contribution in [2.24, 2.45) is 0 Å². The first-order valence-electron chi connectivity index (χ1n) is 7.63. The Kier molecular flexibility index (Phi) is 4.53. The molecule has 0 saturated carbocycles. The summed E-state index contributed by atoms with van der Waals surface area (Å²) in [5.41, 5.74) is 1.94. The number of nitrogens with zero attached hydrogens (tertiary/aromatic N) is 1. The lowest BCUT2D eigenvalue weighted by atomic mass is 10.0. The molecule has 0 bridgehead atoms. The summed E-state index contributed by atoms with van der Waals surface area (Å²) in [5.74, 6) is 0.669. The predicted molar refractivity (Wildman–Crippen MR) is 95.8 cm³/mol. The maximum absolute atomic E-state index is 12.8. The fraction of sp³-hybridized carbons (Fsp3) is 0.100. The van der Waals surface area contributed by atoms with Crippen LogP contribution >= 0.6 is 0 Å². The van der Waals surface area contributed by atoms with Crippen molar-refractivity contribution >= 4 is 22.8 Å². The Morgan fingerprint density at radius 3 is 2.64 bits per heavy atom. The molecule has 0 fully saturated rings. The molecule has 0 saturated heterocycles. The molecule has 25 heavy (non-hydrogen) atoms. The van der Waals surface area contributed by atoms with Crippen LogP contribution in [0, 0.1) is 11.3 Å². The van der Waals surface area contributed by atoms with Crippen LogP contribution in [0.4, 0.5) is 0 Å². The molecule has 124 valence electrons. The van der Waals surface area contributed by atoms with Crippen molar-refractivity contribution in [3.63, 3.8) is 0 Å². The number of carbonyl (C=O) groups is 1. The summed E-state index contributed by atoms with van der Waals surface area (Å²) in [6.07, 6.45) is 3.15. The van der Waals surface area contributed by atoms with Gasteiger partial charge in [0.25, 0.3) is 0 Å². The fourth-order valence-electron chi connectivity index (χ4n) is 2.73. The van der Waals surface area contributed by atoms with Gasteiger partial charge in [0.15, 0.2) is 11.5 Å². The van der Waals surface area contributed by atoms with Gasteiger partial charge in [-0.15, -0.1) is 0 Å². The second-order valence-electron chi connectivity index (χ2n) is 5.33. The van der Waals surface area contributed by atoms with Gasteiger partial charge in [0.05, 0.1) is 14.2 Å². The number of aromatic nitrogens is 1. The molecule has 0 aliphatic heterocycles. The van der Waals surface area contributed by atoms with E-state index in [1.807, 2.05) is 30.3 Å². The number of hydrogen-bond acceptors (Lipinski definition) is 4. The first kappa shape index (κ1) is 16.3. The van der Waals surface area contributed by atoms with Crippen molar-refractivity contribution in [3.8, 4) is 17.6 Å². The van der Waals surface area contributed by atoms with Crippen LogP contribution in [0.2, 0.25) is 0 Å². The lowest BCUT2D eigenvalue weighted by Crippen LogP contribution is -2.01. The number of aromatic amines is 1. The van der Waals surface area contributed by atoms with E-state index in [1.54, 1.807) is 24.4 Å². The van der Waals surface area contributed by atoms with Gasteiger partial charge >= 0.3 is 0 Å². The maximum Gasteiger partial charge on any atom is 0.205 e. The van der Waals surface area contributed by atoms with E-state index in [2.05, 4.69) is 4.98 Å². The van der Waals surface area contributed by atoms with Crippen LogP contribution in [-0.4, -0.2) is 25.0 Å². The third kappa shape index (κ3) is 2.98. The normalized spacial score (nSPS) is 11.2. The molecule has 0 unspecified atom stereocenters. The molecule has 1 N–H and O–H groups in total. The number of nitriles is 1. The molecule has 1 heterocycles. The first-order valence-corrected chi connectivity index (χ1v) is 7.63. The Hall–Kier alpha value is -3.52. The number of methoxy groups -OCH3 is 2. The van der Waals surface area contributed by atoms with Gasteiger partial charge in [-0.1, -0.05) is 30.3 Å². The van der Waals surface area contributed by atoms with E-state index in [0.717, 1.165) is 10.9 Å². The van der Waals surface area contributed by atoms with Crippen molar-refractivity contribution < 1.29 is 14.3 Å². The number of ether oxygens (including phenoxy) is 2. The van der Waals surface area contributed by atoms with Gasteiger partial charge in [0.1, 0.15) is 11.6 Å². The third-order valence-corrected chi connectivity index (χ3v) is 3.93. The Bertz CT molecular complexity index is 1010. The number of Topliss-reactive ketones (excluding diaryl/α,β-unsaturated/α-hetero) is 1. The first-order chi connectivity index (χ1) is 12.2. The molecule has 3 rings (SSSR count). The zero-order valence-electron chi connectivity index (χ0n) is 13.9. The summed E-state index contributed by atoms with van der Waals surface area (Å²) in [7, 11) is 3.05. The number of allylic oxidation sites excluding steroid dienone is 1. The van der Waals surface area contributed by atoms with Gasteiger partial charge in [-0.2, -0.15) is 5.26 Å². The summed E-state index contributed by atoms with van der Waals surface area (Å²) >= 11 is 0. The van der Waals surface area contributed by atoms with E-state index in [1.165, 1.54) is 20.3 Å². The molecule has 1 aromatic heterocycles. The summed E-state index contributed by atoms with van der Waals surface area (Å²) in [5, 5.41) is 10.3. The topological polar surface area (TPSA) is 75.1 Å². The molecular formula is C20H16N2O3. The Balaban J connectivity index is 2.08. The van der Waals surface area contributed by atoms with Crippen molar-refractivity contribution in [3.05, 3.63) is 65.4 Å². The second-order valence-corrected chi connectivity index (χ2v) is 5.33. The standard InChI is InChI=1S/C20H16N2O3/c1-24-18-9-5-6-13(20(18)25-2)10-14(11-21)19(23)16-12-22-17-8-4-3-7-15(16)17/h3-10,12,22H,1-2H3/b14-10+. The molecule has 0 atom stereocenters. The van der Waals surface area contributed by atoms with E-state index < -0.39 is 0 Å². The predicted octanol–water partition coefficient (Wildman–Crippen LogP) is 3.97.